The molecule has 4 rings (SSSR count). The fourth-order valence-electron chi connectivity index (χ4n) is 3.28. The predicted molar refractivity (Wildman–Crippen MR) is 127 cm³/mol. The first-order chi connectivity index (χ1) is 17.0. The molecule has 0 atom stereocenters. The van der Waals surface area contributed by atoms with E-state index in [1.54, 1.807) is 48.5 Å². The summed E-state index contributed by atoms with van der Waals surface area (Å²) in [5.41, 5.74) is 10.7. The molecule has 0 bridgehead atoms. The van der Waals surface area contributed by atoms with Crippen molar-refractivity contribution in [1.82, 2.24) is 30.7 Å². The summed E-state index contributed by atoms with van der Waals surface area (Å²) < 4.78 is 11.6. The molecule has 4 N–H and O–H groups in total. The number of hydrogen-bond donors (Lipinski definition) is 3. The number of aromatic hydroxyl groups is 1. The lowest BCUT2D eigenvalue weighted by atomic mass is 10.1. The number of nitrogen functional groups attached to an aromatic ring is 1. The quantitative estimate of drug-likeness (QED) is 0.243. The number of carbonyl (C=O) groups is 1. The highest BCUT2D eigenvalue weighted by molar-refractivity contribution is 6.03. The molecule has 0 aliphatic heterocycles. The minimum Gasteiger partial charge on any atom is -0.508 e. The molecule has 1 amide bonds. The molecule has 0 radical (unpaired) electrons. The van der Waals surface area contributed by atoms with Gasteiger partial charge in [-0.1, -0.05) is 19.1 Å². The lowest BCUT2D eigenvalue weighted by Crippen LogP contribution is -2.21. The molecule has 35 heavy (non-hydrogen) atoms. The summed E-state index contributed by atoms with van der Waals surface area (Å²) in [7, 11) is 0. The van der Waals surface area contributed by atoms with Gasteiger partial charge in [-0.15, -0.1) is 5.10 Å². The summed E-state index contributed by atoms with van der Waals surface area (Å²) in [6.45, 7) is 4.52. The molecule has 0 aliphatic rings. The number of rotatable bonds is 9. The van der Waals surface area contributed by atoms with E-state index in [9.17, 15) is 9.90 Å². The Kier molecular flexibility index (Phi) is 7.00. The average Bonchev–Trinajstić information content (AvgIpc) is 3.50. The number of carbonyl (C=O) groups excluding carboxylic acids is 1. The Morgan fingerprint density at radius 2 is 1.89 bits per heavy atom. The number of aromatic nitrogens is 5. The van der Waals surface area contributed by atoms with Crippen molar-refractivity contribution in [3.63, 3.8) is 0 Å². The predicted octanol–water partition coefficient (Wildman–Crippen LogP) is 2.94. The Morgan fingerprint density at radius 1 is 1.14 bits per heavy atom. The monoisotopic (exact) mass is 476 g/mol. The zero-order chi connectivity index (χ0) is 24.8. The van der Waals surface area contributed by atoms with Crippen LogP contribution in [0.4, 0.5) is 5.82 Å². The second-order valence-corrected chi connectivity index (χ2v) is 7.44. The first kappa shape index (κ1) is 23.4. The number of nitrogens with zero attached hydrogens (tertiary/aromatic N) is 6. The van der Waals surface area contributed by atoms with Gasteiger partial charge in [-0.05, 0) is 77.2 Å². The van der Waals surface area contributed by atoms with Gasteiger partial charge in [-0.25, -0.2) is 10.1 Å². The molecule has 12 heteroatoms. The van der Waals surface area contributed by atoms with Crippen LogP contribution in [0, 0.1) is 0 Å². The summed E-state index contributed by atoms with van der Waals surface area (Å²) in [6.07, 6.45) is 1.43. The van der Waals surface area contributed by atoms with E-state index in [4.69, 9.17) is 15.1 Å². The highest BCUT2D eigenvalue weighted by Gasteiger charge is 2.25. The first-order valence-electron chi connectivity index (χ1n) is 11.0. The first-order valence-corrected chi connectivity index (χ1v) is 11.0. The van der Waals surface area contributed by atoms with E-state index >= 15 is 0 Å². The summed E-state index contributed by atoms with van der Waals surface area (Å²) in [5, 5.41) is 29.3. The van der Waals surface area contributed by atoms with E-state index in [0.29, 0.717) is 35.7 Å². The Balaban J connectivity index is 1.69. The van der Waals surface area contributed by atoms with Gasteiger partial charge in [0, 0.05) is 5.56 Å². The van der Waals surface area contributed by atoms with Gasteiger partial charge in [-0.3, -0.25) is 4.79 Å². The Bertz CT molecular complexity index is 1330. The molecule has 2 heterocycles. The van der Waals surface area contributed by atoms with E-state index < -0.39 is 5.91 Å². The van der Waals surface area contributed by atoms with Crippen molar-refractivity contribution >= 4 is 17.4 Å². The average molecular weight is 476 g/mol. The number of phenols is 1. The second kappa shape index (κ2) is 10.5. The van der Waals surface area contributed by atoms with Crippen molar-refractivity contribution in [2.24, 2.45) is 5.10 Å². The maximum Gasteiger partial charge on any atom is 0.294 e. The van der Waals surface area contributed by atoms with Crippen molar-refractivity contribution < 1.29 is 19.3 Å². The number of amides is 1. The lowest BCUT2D eigenvalue weighted by molar-refractivity contribution is 0.0950. The normalized spacial score (nSPS) is 11.4. The van der Waals surface area contributed by atoms with Gasteiger partial charge in [0.1, 0.15) is 17.2 Å². The van der Waals surface area contributed by atoms with Gasteiger partial charge in [-0.2, -0.15) is 9.78 Å². The third-order valence-corrected chi connectivity index (χ3v) is 5.01. The van der Waals surface area contributed by atoms with Crippen LogP contribution in [0.3, 0.4) is 0 Å². The fourth-order valence-corrected chi connectivity index (χ4v) is 3.28. The van der Waals surface area contributed by atoms with Crippen LogP contribution < -0.4 is 15.9 Å². The molecule has 2 aromatic carbocycles. The van der Waals surface area contributed by atoms with Crippen molar-refractivity contribution in [3.8, 4) is 28.6 Å². The second-order valence-electron chi connectivity index (χ2n) is 7.44. The minimum absolute atomic E-state index is 0.000430. The number of benzene rings is 2. The number of nitrogens with two attached hydrogens (primary N) is 1. The maximum absolute atomic E-state index is 13.1. The summed E-state index contributed by atoms with van der Waals surface area (Å²) in [4.78, 5) is 13.1. The molecule has 0 spiro atoms. The Hall–Kier alpha value is -4.74. The number of anilines is 1. The van der Waals surface area contributed by atoms with Gasteiger partial charge >= 0.3 is 0 Å². The van der Waals surface area contributed by atoms with Crippen LogP contribution in [-0.4, -0.2) is 48.6 Å². The van der Waals surface area contributed by atoms with Crippen LogP contribution in [0.1, 0.15) is 42.7 Å². The van der Waals surface area contributed by atoms with Crippen LogP contribution in [-0.2, 0) is 0 Å². The number of phenolic OH excluding ortho intramolecular Hbond substituents is 1. The molecule has 12 nitrogen and oxygen atoms in total. The number of hydrazone groups is 1. The standard InChI is InChI=1S/C23H24N8O4/c1-3-13-34-17-11-7-15(8-12-17)20-19(26-30-31(20)22-21(24)28-35-29-22)23(33)27-25-18(4-2)14-5-9-16(32)10-6-14/h5-12,32H,3-4,13H2,1-2H3,(H2,24,28)(H,27,33). The molecular formula is C23H24N8O4. The number of hydrogen-bond acceptors (Lipinski definition) is 10. The molecule has 0 fully saturated rings. The Labute approximate surface area is 200 Å². The SMILES string of the molecule is CCCOc1ccc(-c2c(C(=O)NN=C(CC)c3ccc(O)cc3)nnn2-c2nonc2N)cc1. The molecule has 2 aromatic heterocycles. The molecule has 0 unspecified atom stereocenters. The summed E-state index contributed by atoms with van der Waals surface area (Å²) >= 11 is 0. The van der Waals surface area contributed by atoms with Crippen molar-refractivity contribution in [2.45, 2.75) is 26.7 Å². The van der Waals surface area contributed by atoms with Crippen LogP contribution >= 0.6 is 0 Å². The van der Waals surface area contributed by atoms with Crippen LogP contribution in [0.25, 0.3) is 17.1 Å². The molecular weight excluding hydrogens is 452 g/mol. The lowest BCUT2D eigenvalue weighted by Gasteiger charge is -2.09. The minimum atomic E-state index is -0.586. The van der Waals surface area contributed by atoms with Crippen LogP contribution in [0.15, 0.2) is 58.3 Å². The van der Waals surface area contributed by atoms with E-state index in [1.807, 2.05) is 13.8 Å². The zero-order valence-electron chi connectivity index (χ0n) is 19.2. The molecule has 0 saturated carbocycles. The fraction of sp³-hybridized carbons (Fsp3) is 0.217. The molecule has 180 valence electrons. The van der Waals surface area contributed by atoms with E-state index in [1.165, 1.54) is 4.68 Å². The highest BCUT2D eigenvalue weighted by atomic mass is 16.6. The topological polar surface area (TPSA) is 167 Å². The van der Waals surface area contributed by atoms with Crippen LogP contribution in [0.2, 0.25) is 0 Å². The smallest absolute Gasteiger partial charge is 0.294 e. The van der Waals surface area contributed by atoms with Crippen molar-refractivity contribution in [2.75, 3.05) is 12.3 Å². The van der Waals surface area contributed by atoms with Crippen molar-refractivity contribution in [3.05, 3.63) is 59.8 Å². The third kappa shape index (κ3) is 5.11. The van der Waals surface area contributed by atoms with E-state index in [-0.39, 0.29) is 23.1 Å². The van der Waals surface area contributed by atoms with E-state index in [2.05, 4.69) is 31.2 Å². The van der Waals surface area contributed by atoms with Crippen LogP contribution in [0.5, 0.6) is 11.5 Å². The number of ether oxygens (including phenoxy) is 1. The molecule has 0 saturated heterocycles. The summed E-state index contributed by atoms with van der Waals surface area (Å²) in [6, 6.07) is 13.7. The number of nitrogens with one attached hydrogen (secondary N) is 1. The molecule has 0 aliphatic carbocycles. The third-order valence-electron chi connectivity index (χ3n) is 5.01. The van der Waals surface area contributed by atoms with E-state index in [0.717, 1.165) is 12.0 Å². The largest absolute Gasteiger partial charge is 0.508 e. The molecule has 4 aromatic rings. The van der Waals surface area contributed by atoms with Gasteiger partial charge < -0.3 is 15.6 Å². The van der Waals surface area contributed by atoms with Gasteiger partial charge in [0.25, 0.3) is 5.91 Å². The van der Waals surface area contributed by atoms with Gasteiger partial charge in [0.05, 0.1) is 12.3 Å². The zero-order valence-corrected chi connectivity index (χ0v) is 19.2. The summed E-state index contributed by atoms with van der Waals surface area (Å²) in [5.74, 6) is 0.332. The maximum atomic E-state index is 13.1. The Morgan fingerprint density at radius 3 is 2.51 bits per heavy atom. The van der Waals surface area contributed by atoms with Crippen molar-refractivity contribution in [1.29, 1.82) is 0 Å². The highest BCUT2D eigenvalue weighted by Crippen LogP contribution is 2.28. The van der Waals surface area contributed by atoms with Gasteiger partial charge in [0.2, 0.25) is 11.6 Å². The van der Waals surface area contributed by atoms with Gasteiger partial charge in [0.15, 0.2) is 5.69 Å².